The lowest BCUT2D eigenvalue weighted by Gasteiger charge is -2.40. The Hall–Kier alpha value is -1.59. The predicted molar refractivity (Wildman–Crippen MR) is 102 cm³/mol. The minimum absolute atomic E-state index is 0.0622. The molecule has 2 bridgehead atoms. The number of halogens is 1. The summed E-state index contributed by atoms with van der Waals surface area (Å²) in [5, 5.41) is 0.647. The molecule has 6 heteroatoms. The molecule has 1 aliphatic carbocycles. The molecule has 3 aliphatic heterocycles. The third-order valence-electron chi connectivity index (χ3n) is 6.47. The maximum Gasteiger partial charge on any atom is 0.274 e. The highest BCUT2D eigenvalue weighted by atomic mass is 35.5. The molecule has 0 spiro atoms. The zero-order chi connectivity index (χ0) is 17.7. The normalized spacial score (nSPS) is 26.9. The van der Waals surface area contributed by atoms with Crippen LogP contribution in [-0.2, 0) is 0 Å². The highest BCUT2D eigenvalue weighted by Gasteiger charge is 2.38. The minimum Gasteiger partial charge on any atom is -0.335 e. The number of aromatic nitrogens is 2. The van der Waals surface area contributed by atoms with Gasteiger partial charge in [0, 0.05) is 44.6 Å². The second kappa shape index (κ2) is 6.54. The summed E-state index contributed by atoms with van der Waals surface area (Å²) in [6.45, 7) is 4.10. The second-order valence-corrected chi connectivity index (χ2v) is 8.73. The molecule has 4 fully saturated rings. The molecule has 0 aromatic carbocycles. The zero-order valence-electron chi connectivity index (χ0n) is 15.0. The van der Waals surface area contributed by atoms with Crippen LogP contribution in [0.15, 0.2) is 24.5 Å². The first-order chi connectivity index (χ1) is 12.7. The van der Waals surface area contributed by atoms with E-state index in [1.807, 2.05) is 27.6 Å². The van der Waals surface area contributed by atoms with E-state index in [1.54, 1.807) is 6.20 Å². The van der Waals surface area contributed by atoms with Gasteiger partial charge in [-0.15, -0.1) is 0 Å². The Morgan fingerprint density at radius 3 is 2.81 bits per heavy atom. The number of piperidine rings is 1. The first-order valence-electron chi connectivity index (χ1n) is 9.83. The van der Waals surface area contributed by atoms with Crippen molar-refractivity contribution in [2.45, 2.75) is 38.1 Å². The molecule has 4 aliphatic rings. The summed E-state index contributed by atoms with van der Waals surface area (Å²) in [4.78, 5) is 22.4. The van der Waals surface area contributed by atoms with Crippen LogP contribution in [0.25, 0.3) is 5.65 Å². The molecule has 2 atom stereocenters. The zero-order valence-corrected chi connectivity index (χ0v) is 15.7. The molecule has 0 radical (unpaired) electrons. The van der Waals surface area contributed by atoms with E-state index in [1.165, 1.54) is 38.6 Å². The Labute approximate surface area is 158 Å². The Kier molecular flexibility index (Phi) is 4.17. The molecule has 0 N–H and O–H groups in total. The van der Waals surface area contributed by atoms with E-state index < -0.39 is 0 Å². The van der Waals surface area contributed by atoms with Crippen molar-refractivity contribution < 1.29 is 4.79 Å². The number of imidazole rings is 1. The molecule has 3 saturated heterocycles. The molecular weight excluding hydrogens is 348 g/mol. The van der Waals surface area contributed by atoms with Crippen molar-refractivity contribution in [2.24, 2.45) is 11.8 Å². The number of carbonyl (C=O) groups excluding carboxylic acids is 1. The molecule has 5 nitrogen and oxygen atoms in total. The van der Waals surface area contributed by atoms with E-state index in [4.69, 9.17) is 11.6 Å². The fraction of sp³-hybridized carbons (Fsp3) is 0.600. The van der Waals surface area contributed by atoms with Gasteiger partial charge < -0.3 is 9.30 Å². The summed E-state index contributed by atoms with van der Waals surface area (Å²) in [6, 6.07) is 4.18. The molecule has 2 aromatic rings. The standard InChI is InChI=1S/C20H25ClN4O/c21-16-5-7-19-22-18(13-24(19)11-16)20(26)25-10-15-4-6-17(12-25)23(9-15)8-14-2-1-3-14/h5,7,11,13-15,17H,1-4,6,8-10,12H2/t15-,17-/m1/s1. The van der Waals surface area contributed by atoms with E-state index in [-0.39, 0.29) is 5.91 Å². The molecule has 1 saturated carbocycles. The number of rotatable bonds is 3. The highest BCUT2D eigenvalue weighted by molar-refractivity contribution is 6.30. The maximum atomic E-state index is 13.1. The highest BCUT2D eigenvalue weighted by Crippen LogP contribution is 2.33. The van der Waals surface area contributed by atoms with E-state index in [0.29, 0.717) is 22.7 Å². The average Bonchev–Trinajstić information content (AvgIpc) is 2.79. The van der Waals surface area contributed by atoms with Gasteiger partial charge in [0.25, 0.3) is 5.91 Å². The van der Waals surface area contributed by atoms with Gasteiger partial charge in [0.15, 0.2) is 0 Å². The van der Waals surface area contributed by atoms with Gasteiger partial charge in [-0.2, -0.15) is 0 Å². The Morgan fingerprint density at radius 1 is 1.12 bits per heavy atom. The quantitative estimate of drug-likeness (QED) is 0.829. The summed E-state index contributed by atoms with van der Waals surface area (Å²) in [5.74, 6) is 1.55. The topological polar surface area (TPSA) is 40.9 Å². The summed E-state index contributed by atoms with van der Waals surface area (Å²) in [6.07, 6.45) is 10.3. The van der Waals surface area contributed by atoms with Gasteiger partial charge in [-0.3, -0.25) is 9.69 Å². The van der Waals surface area contributed by atoms with Gasteiger partial charge in [-0.25, -0.2) is 4.98 Å². The number of nitrogens with zero attached hydrogens (tertiary/aromatic N) is 4. The molecule has 6 rings (SSSR count). The van der Waals surface area contributed by atoms with Crippen molar-refractivity contribution in [2.75, 3.05) is 26.2 Å². The number of hydrogen-bond donors (Lipinski definition) is 0. The fourth-order valence-corrected chi connectivity index (χ4v) is 4.97. The maximum absolute atomic E-state index is 13.1. The second-order valence-electron chi connectivity index (χ2n) is 8.30. The molecule has 2 aromatic heterocycles. The molecule has 138 valence electrons. The SMILES string of the molecule is O=C(c1cn2cc(Cl)ccc2n1)N1C[C@@H]2CC[C@H](C1)N(CC1CCC1)C2. The van der Waals surface area contributed by atoms with Crippen LogP contribution in [0.3, 0.4) is 0 Å². The largest absolute Gasteiger partial charge is 0.335 e. The van der Waals surface area contributed by atoms with Crippen LogP contribution < -0.4 is 0 Å². The number of fused-ring (bicyclic) bond motifs is 5. The monoisotopic (exact) mass is 372 g/mol. The Morgan fingerprint density at radius 2 is 2.00 bits per heavy atom. The number of carbonyl (C=O) groups is 1. The van der Waals surface area contributed by atoms with Crippen LogP contribution in [0, 0.1) is 11.8 Å². The van der Waals surface area contributed by atoms with E-state index in [2.05, 4.69) is 9.88 Å². The average molecular weight is 373 g/mol. The molecule has 26 heavy (non-hydrogen) atoms. The summed E-state index contributed by atoms with van der Waals surface area (Å²) < 4.78 is 1.84. The van der Waals surface area contributed by atoms with Crippen molar-refractivity contribution in [3.63, 3.8) is 0 Å². The van der Waals surface area contributed by atoms with Crippen LogP contribution in [0.2, 0.25) is 5.02 Å². The smallest absolute Gasteiger partial charge is 0.274 e. The van der Waals surface area contributed by atoms with Gasteiger partial charge in [0.05, 0.1) is 5.02 Å². The van der Waals surface area contributed by atoms with Crippen molar-refractivity contribution in [1.82, 2.24) is 19.2 Å². The lowest BCUT2D eigenvalue weighted by Crippen LogP contribution is -2.47. The number of amides is 1. The summed E-state index contributed by atoms with van der Waals surface area (Å²) in [5.41, 5.74) is 1.29. The molecule has 5 heterocycles. The molecule has 0 unspecified atom stereocenters. The van der Waals surface area contributed by atoms with E-state index >= 15 is 0 Å². The third kappa shape index (κ3) is 3.01. The van der Waals surface area contributed by atoms with Crippen LogP contribution in [-0.4, -0.2) is 57.3 Å². The van der Waals surface area contributed by atoms with Gasteiger partial charge in [-0.05, 0) is 49.7 Å². The Bertz CT molecular complexity index is 830. The van der Waals surface area contributed by atoms with Crippen LogP contribution in [0.1, 0.15) is 42.6 Å². The summed E-state index contributed by atoms with van der Waals surface area (Å²) in [7, 11) is 0. The van der Waals surface area contributed by atoms with Crippen molar-refractivity contribution in [3.8, 4) is 0 Å². The number of hydrogen-bond acceptors (Lipinski definition) is 3. The minimum atomic E-state index is 0.0622. The van der Waals surface area contributed by atoms with Crippen molar-refractivity contribution in [3.05, 3.63) is 35.2 Å². The van der Waals surface area contributed by atoms with Crippen LogP contribution in [0.4, 0.5) is 0 Å². The fourth-order valence-electron chi connectivity index (χ4n) is 4.81. The lowest BCUT2D eigenvalue weighted by molar-refractivity contribution is 0.0712. The van der Waals surface area contributed by atoms with Crippen molar-refractivity contribution >= 4 is 23.2 Å². The Balaban J connectivity index is 1.35. The van der Waals surface area contributed by atoms with Crippen LogP contribution in [0.5, 0.6) is 0 Å². The third-order valence-corrected chi connectivity index (χ3v) is 6.69. The molecule has 1 amide bonds. The van der Waals surface area contributed by atoms with Gasteiger partial charge in [-0.1, -0.05) is 18.0 Å². The van der Waals surface area contributed by atoms with Crippen molar-refractivity contribution in [1.29, 1.82) is 0 Å². The first kappa shape index (κ1) is 16.6. The molecular formula is C20H25ClN4O. The summed E-state index contributed by atoms with van der Waals surface area (Å²) >= 11 is 6.05. The van der Waals surface area contributed by atoms with Gasteiger partial charge in [0.1, 0.15) is 11.3 Å². The predicted octanol–water partition coefficient (Wildman–Crippen LogP) is 3.32. The lowest BCUT2D eigenvalue weighted by atomic mass is 9.83. The van der Waals surface area contributed by atoms with Gasteiger partial charge in [0.2, 0.25) is 0 Å². The van der Waals surface area contributed by atoms with Crippen LogP contribution >= 0.6 is 11.6 Å². The van der Waals surface area contributed by atoms with E-state index in [0.717, 1.165) is 31.2 Å². The first-order valence-corrected chi connectivity index (χ1v) is 10.2. The van der Waals surface area contributed by atoms with E-state index in [9.17, 15) is 4.79 Å². The number of pyridine rings is 1. The van der Waals surface area contributed by atoms with Gasteiger partial charge >= 0.3 is 0 Å².